The number of aliphatic hydroxyl groups is 1. The van der Waals surface area contributed by atoms with Gasteiger partial charge >= 0.3 is 0 Å². The summed E-state index contributed by atoms with van der Waals surface area (Å²) in [7, 11) is -1.77. The summed E-state index contributed by atoms with van der Waals surface area (Å²) in [6.07, 6.45) is 0.477. The van der Waals surface area contributed by atoms with Crippen LogP contribution in [-0.2, 0) is 10.2 Å². The fourth-order valence-electron chi connectivity index (χ4n) is 1.88. The zero-order valence-corrected chi connectivity index (χ0v) is 11.5. The summed E-state index contributed by atoms with van der Waals surface area (Å²) in [5, 5.41) is 8.72. The van der Waals surface area contributed by atoms with Crippen LogP contribution in [-0.4, -0.2) is 80.0 Å². The molecule has 1 saturated heterocycles. The van der Waals surface area contributed by atoms with Gasteiger partial charge in [0.15, 0.2) is 0 Å². The van der Waals surface area contributed by atoms with Crippen LogP contribution in [0.15, 0.2) is 0 Å². The molecule has 1 fully saturated rings. The Morgan fingerprint density at radius 3 is 2.29 bits per heavy atom. The van der Waals surface area contributed by atoms with Crippen molar-refractivity contribution in [1.82, 2.24) is 13.5 Å². The smallest absolute Gasteiger partial charge is 0.281 e. The first kappa shape index (κ1) is 14.8. The highest BCUT2D eigenvalue weighted by Gasteiger charge is 2.29. The average Bonchev–Trinajstić information content (AvgIpc) is 2.35. The lowest BCUT2D eigenvalue weighted by Gasteiger charge is -2.35. The van der Waals surface area contributed by atoms with Gasteiger partial charge in [-0.3, -0.25) is 0 Å². The third kappa shape index (κ3) is 3.89. The molecule has 0 amide bonds. The molecule has 0 aliphatic carbocycles. The monoisotopic (exact) mass is 265 g/mol. The SMILES string of the molecule is CCN1CCN(S(=O)(=O)N(C)CCCO)CC1. The van der Waals surface area contributed by atoms with Gasteiger partial charge in [0.1, 0.15) is 0 Å². The normalized spacial score (nSPS) is 20.0. The van der Waals surface area contributed by atoms with E-state index in [9.17, 15) is 8.42 Å². The third-order valence-corrected chi connectivity index (χ3v) is 5.12. The third-order valence-electron chi connectivity index (χ3n) is 3.13. The Kier molecular flexibility index (Phi) is 5.81. The zero-order valence-electron chi connectivity index (χ0n) is 10.7. The lowest BCUT2D eigenvalue weighted by Crippen LogP contribution is -2.52. The molecule has 0 aromatic heterocycles. The average molecular weight is 265 g/mol. The fraction of sp³-hybridized carbons (Fsp3) is 1.00. The minimum Gasteiger partial charge on any atom is -0.396 e. The van der Waals surface area contributed by atoms with Gasteiger partial charge in [-0.05, 0) is 13.0 Å². The van der Waals surface area contributed by atoms with Crippen molar-refractivity contribution in [3.63, 3.8) is 0 Å². The van der Waals surface area contributed by atoms with Gasteiger partial charge in [0, 0.05) is 46.4 Å². The Morgan fingerprint density at radius 2 is 1.82 bits per heavy atom. The van der Waals surface area contributed by atoms with Gasteiger partial charge in [-0.1, -0.05) is 6.92 Å². The van der Waals surface area contributed by atoms with Gasteiger partial charge in [-0.2, -0.15) is 17.0 Å². The number of nitrogens with zero attached hydrogens (tertiary/aromatic N) is 3. The number of hydrogen-bond acceptors (Lipinski definition) is 4. The van der Waals surface area contributed by atoms with Crippen LogP contribution in [0.3, 0.4) is 0 Å². The highest BCUT2D eigenvalue weighted by molar-refractivity contribution is 7.86. The van der Waals surface area contributed by atoms with Crippen molar-refractivity contribution < 1.29 is 13.5 Å². The van der Waals surface area contributed by atoms with Crippen LogP contribution in [0.4, 0.5) is 0 Å². The second kappa shape index (κ2) is 6.65. The largest absolute Gasteiger partial charge is 0.396 e. The highest BCUT2D eigenvalue weighted by atomic mass is 32.2. The maximum absolute atomic E-state index is 12.1. The molecule has 1 heterocycles. The molecule has 0 bridgehead atoms. The molecule has 6 nitrogen and oxygen atoms in total. The van der Waals surface area contributed by atoms with Crippen LogP contribution in [0.2, 0.25) is 0 Å². The second-order valence-electron chi connectivity index (χ2n) is 4.24. The minimum atomic E-state index is -3.34. The minimum absolute atomic E-state index is 0.0173. The number of aliphatic hydroxyl groups excluding tert-OH is 1. The summed E-state index contributed by atoms with van der Waals surface area (Å²) >= 11 is 0. The van der Waals surface area contributed by atoms with Crippen LogP contribution < -0.4 is 0 Å². The first-order valence-corrected chi connectivity index (χ1v) is 7.46. The van der Waals surface area contributed by atoms with Crippen molar-refractivity contribution in [3.8, 4) is 0 Å². The van der Waals surface area contributed by atoms with Crippen molar-refractivity contribution in [1.29, 1.82) is 0 Å². The molecular formula is C10H23N3O3S. The van der Waals surface area contributed by atoms with Crippen molar-refractivity contribution in [3.05, 3.63) is 0 Å². The van der Waals surface area contributed by atoms with E-state index in [1.54, 1.807) is 7.05 Å². The zero-order chi connectivity index (χ0) is 12.9. The summed E-state index contributed by atoms with van der Waals surface area (Å²) in [6.45, 7) is 6.13. The number of piperazine rings is 1. The van der Waals surface area contributed by atoms with Crippen LogP contribution >= 0.6 is 0 Å². The number of hydrogen-bond donors (Lipinski definition) is 1. The van der Waals surface area contributed by atoms with Gasteiger partial charge in [0.25, 0.3) is 10.2 Å². The van der Waals surface area contributed by atoms with Gasteiger partial charge in [-0.25, -0.2) is 0 Å². The van der Waals surface area contributed by atoms with Crippen LogP contribution in [0, 0.1) is 0 Å². The van der Waals surface area contributed by atoms with Crippen LogP contribution in [0.25, 0.3) is 0 Å². The molecule has 0 spiro atoms. The Morgan fingerprint density at radius 1 is 1.24 bits per heavy atom. The molecule has 1 N–H and O–H groups in total. The standard InChI is InChI=1S/C10H23N3O3S/c1-3-12-6-8-13(9-7-12)17(15,16)11(2)5-4-10-14/h14H,3-10H2,1-2H3. The summed E-state index contributed by atoms with van der Waals surface area (Å²) < 4.78 is 27.1. The van der Waals surface area contributed by atoms with E-state index in [-0.39, 0.29) is 6.61 Å². The van der Waals surface area contributed by atoms with E-state index < -0.39 is 10.2 Å². The maximum atomic E-state index is 12.1. The molecule has 1 rings (SSSR count). The Labute approximate surface area is 104 Å². The molecule has 7 heteroatoms. The van der Waals surface area contributed by atoms with Crippen LogP contribution in [0.1, 0.15) is 13.3 Å². The van der Waals surface area contributed by atoms with Gasteiger partial charge in [0.05, 0.1) is 0 Å². The van der Waals surface area contributed by atoms with Crippen molar-refractivity contribution in [2.75, 3.05) is 52.9 Å². The lowest BCUT2D eigenvalue weighted by molar-refractivity contribution is 0.189. The summed E-state index contributed by atoms with van der Waals surface area (Å²) in [4.78, 5) is 2.24. The summed E-state index contributed by atoms with van der Waals surface area (Å²) in [5.41, 5.74) is 0. The molecule has 0 aromatic carbocycles. The summed E-state index contributed by atoms with van der Waals surface area (Å²) in [5.74, 6) is 0. The molecule has 0 saturated carbocycles. The highest BCUT2D eigenvalue weighted by Crippen LogP contribution is 2.10. The molecule has 1 aliphatic heterocycles. The fourth-order valence-corrected chi connectivity index (χ4v) is 3.26. The molecule has 0 unspecified atom stereocenters. The van der Waals surface area contributed by atoms with E-state index in [4.69, 9.17) is 5.11 Å². The topological polar surface area (TPSA) is 64.1 Å². The van der Waals surface area contributed by atoms with E-state index in [1.807, 2.05) is 0 Å². The van der Waals surface area contributed by atoms with Crippen molar-refractivity contribution in [2.45, 2.75) is 13.3 Å². The molecule has 17 heavy (non-hydrogen) atoms. The van der Waals surface area contributed by atoms with Gasteiger partial charge in [-0.15, -0.1) is 0 Å². The molecule has 0 atom stereocenters. The van der Waals surface area contributed by atoms with Gasteiger partial charge in [0.2, 0.25) is 0 Å². The maximum Gasteiger partial charge on any atom is 0.281 e. The van der Waals surface area contributed by atoms with Crippen molar-refractivity contribution in [2.24, 2.45) is 0 Å². The summed E-state index contributed by atoms with van der Waals surface area (Å²) in [6, 6.07) is 0. The Bertz CT molecular complexity index is 313. The number of likely N-dealkylation sites (N-methyl/N-ethyl adjacent to an activating group) is 1. The Hall–Kier alpha value is -0.210. The molecule has 1 aliphatic rings. The molecular weight excluding hydrogens is 242 g/mol. The molecule has 0 aromatic rings. The van der Waals surface area contributed by atoms with Gasteiger partial charge < -0.3 is 10.0 Å². The van der Waals surface area contributed by atoms with Crippen LogP contribution in [0.5, 0.6) is 0 Å². The van der Waals surface area contributed by atoms with E-state index in [2.05, 4.69) is 11.8 Å². The first-order valence-electron chi connectivity index (χ1n) is 6.07. The molecule has 102 valence electrons. The van der Waals surface area contributed by atoms with E-state index >= 15 is 0 Å². The quantitative estimate of drug-likeness (QED) is 0.682. The van der Waals surface area contributed by atoms with E-state index in [1.165, 1.54) is 8.61 Å². The Balaban J connectivity index is 2.53. The lowest BCUT2D eigenvalue weighted by atomic mass is 10.4. The second-order valence-corrected chi connectivity index (χ2v) is 6.28. The first-order chi connectivity index (χ1) is 8.02. The van der Waals surface area contributed by atoms with E-state index in [0.29, 0.717) is 26.1 Å². The van der Waals surface area contributed by atoms with Crippen molar-refractivity contribution >= 4 is 10.2 Å². The molecule has 0 radical (unpaired) electrons. The predicted octanol–water partition coefficient (Wildman–Crippen LogP) is -0.817. The number of rotatable bonds is 6. The predicted molar refractivity (Wildman–Crippen MR) is 66.9 cm³/mol. The van der Waals surface area contributed by atoms with E-state index in [0.717, 1.165) is 19.6 Å².